The minimum atomic E-state index is -4.41. The Bertz CT molecular complexity index is 1470. The Kier molecular flexibility index (Phi) is 4.88. The number of carbonyl (C=O) groups excluding carboxylic acids is 1. The average molecular weight is 449 g/mol. The van der Waals surface area contributed by atoms with Gasteiger partial charge in [0, 0.05) is 42.6 Å². The van der Waals surface area contributed by atoms with E-state index in [-0.39, 0.29) is 5.91 Å². The van der Waals surface area contributed by atoms with Gasteiger partial charge in [-0.25, -0.2) is 4.98 Å². The van der Waals surface area contributed by atoms with E-state index in [4.69, 9.17) is 0 Å². The lowest BCUT2D eigenvalue weighted by Gasteiger charge is -2.10. The second kappa shape index (κ2) is 7.77. The molecule has 0 aliphatic rings. The molecule has 3 aromatic heterocycles. The van der Waals surface area contributed by atoms with Gasteiger partial charge >= 0.3 is 6.18 Å². The van der Waals surface area contributed by atoms with Crippen LogP contribution >= 0.6 is 0 Å². The molecule has 0 saturated carbocycles. The van der Waals surface area contributed by atoms with Crippen LogP contribution in [0.5, 0.6) is 0 Å². The Morgan fingerprint density at radius 2 is 1.76 bits per heavy atom. The van der Waals surface area contributed by atoms with Crippen molar-refractivity contribution in [1.82, 2.24) is 24.4 Å². The second-order valence-corrected chi connectivity index (χ2v) is 7.68. The number of rotatable bonds is 4. The number of hydrogen-bond acceptors (Lipinski definition) is 3. The number of carbonyl (C=O) groups is 1. The molecule has 5 aromatic rings. The van der Waals surface area contributed by atoms with E-state index in [2.05, 4.69) is 15.3 Å². The van der Waals surface area contributed by atoms with Crippen molar-refractivity contribution >= 4 is 28.0 Å². The Morgan fingerprint density at radius 3 is 2.45 bits per heavy atom. The zero-order chi connectivity index (χ0) is 23.2. The van der Waals surface area contributed by atoms with Crippen LogP contribution in [0.4, 0.5) is 13.2 Å². The summed E-state index contributed by atoms with van der Waals surface area (Å²) in [5, 5.41) is 3.67. The highest BCUT2D eigenvalue weighted by Crippen LogP contribution is 2.34. The van der Waals surface area contributed by atoms with Crippen LogP contribution in [0.15, 0.2) is 73.3 Å². The third-order valence-electron chi connectivity index (χ3n) is 5.54. The van der Waals surface area contributed by atoms with Crippen LogP contribution in [0.2, 0.25) is 0 Å². The van der Waals surface area contributed by atoms with Gasteiger partial charge < -0.3 is 9.88 Å². The summed E-state index contributed by atoms with van der Waals surface area (Å²) >= 11 is 0. The highest BCUT2D eigenvalue weighted by atomic mass is 19.4. The lowest BCUT2D eigenvalue weighted by atomic mass is 10.1. The summed E-state index contributed by atoms with van der Waals surface area (Å²) in [6.45, 7) is 0.368. The predicted molar refractivity (Wildman–Crippen MR) is 118 cm³/mol. The van der Waals surface area contributed by atoms with Crippen LogP contribution in [0.3, 0.4) is 0 Å². The maximum Gasteiger partial charge on any atom is 0.416 e. The van der Waals surface area contributed by atoms with Gasteiger partial charge in [0.2, 0.25) is 0 Å². The zero-order valence-corrected chi connectivity index (χ0v) is 17.5. The number of fused-ring (bicyclic) bond motifs is 3. The average Bonchev–Trinajstić information content (AvgIpc) is 3.34. The molecule has 33 heavy (non-hydrogen) atoms. The Hall–Kier alpha value is -4.14. The molecule has 5 rings (SSSR count). The smallest absolute Gasteiger partial charge is 0.348 e. The molecule has 2 aromatic carbocycles. The van der Waals surface area contributed by atoms with E-state index in [1.165, 1.54) is 12.1 Å². The number of benzene rings is 2. The van der Waals surface area contributed by atoms with E-state index >= 15 is 0 Å². The number of amides is 1. The van der Waals surface area contributed by atoms with Gasteiger partial charge in [0.05, 0.1) is 22.9 Å². The van der Waals surface area contributed by atoms with Gasteiger partial charge in [-0.2, -0.15) is 13.2 Å². The fraction of sp³-hybridized carbons (Fsp3) is 0.125. The molecule has 0 fully saturated rings. The van der Waals surface area contributed by atoms with Crippen LogP contribution in [0.25, 0.3) is 27.8 Å². The van der Waals surface area contributed by atoms with Crippen molar-refractivity contribution in [1.29, 1.82) is 0 Å². The summed E-state index contributed by atoms with van der Waals surface area (Å²) in [6.07, 6.45) is 0.560. The molecule has 3 heterocycles. The highest BCUT2D eigenvalue weighted by molar-refractivity contribution is 6.09. The van der Waals surface area contributed by atoms with Crippen molar-refractivity contribution in [2.75, 3.05) is 0 Å². The fourth-order valence-electron chi connectivity index (χ4n) is 3.91. The summed E-state index contributed by atoms with van der Waals surface area (Å²) in [5.41, 5.74) is 3.38. The molecule has 0 saturated heterocycles. The van der Waals surface area contributed by atoms with Crippen molar-refractivity contribution in [3.63, 3.8) is 0 Å². The van der Waals surface area contributed by atoms with E-state index in [1.807, 2.05) is 23.7 Å². The first-order chi connectivity index (χ1) is 15.8. The number of aryl methyl sites for hydroxylation is 1. The van der Waals surface area contributed by atoms with E-state index in [9.17, 15) is 18.0 Å². The number of aromatic nitrogens is 4. The number of hydrogen-bond donors (Lipinski definition) is 1. The van der Waals surface area contributed by atoms with E-state index < -0.39 is 11.7 Å². The van der Waals surface area contributed by atoms with Crippen molar-refractivity contribution in [3.05, 3.63) is 90.0 Å². The second-order valence-electron chi connectivity index (χ2n) is 7.68. The number of pyridine rings is 1. The van der Waals surface area contributed by atoms with Gasteiger partial charge in [0.25, 0.3) is 5.91 Å². The standard InChI is InChI=1S/C24H18F3N5O/c1-31-14-30-22-21(31)19-12-16(23(33)29-13-15-8-10-28-11-9-15)2-7-20(19)32(22)18-5-3-17(4-6-18)24(25,26)27/h2-12,14H,13H2,1H3,(H,29,33). The van der Waals surface area contributed by atoms with Gasteiger partial charge in [-0.3, -0.25) is 14.3 Å². The van der Waals surface area contributed by atoms with Crippen LogP contribution in [-0.2, 0) is 19.8 Å². The Balaban J connectivity index is 1.55. The molecule has 0 radical (unpaired) electrons. The zero-order valence-electron chi connectivity index (χ0n) is 17.5. The summed E-state index contributed by atoms with van der Waals surface area (Å²) < 4.78 is 42.6. The first-order valence-corrected chi connectivity index (χ1v) is 10.1. The molecular formula is C24H18F3N5O. The summed E-state index contributed by atoms with van der Waals surface area (Å²) in [4.78, 5) is 21.2. The van der Waals surface area contributed by atoms with Crippen molar-refractivity contribution in [3.8, 4) is 5.69 Å². The minimum absolute atomic E-state index is 0.230. The van der Waals surface area contributed by atoms with Crippen molar-refractivity contribution in [2.45, 2.75) is 12.7 Å². The van der Waals surface area contributed by atoms with Crippen LogP contribution < -0.4 is 5.32 Å². The molecule has 0 bridgehead atoms. The lowest BCUT2D eigenvalue weighted by Crippen LogP contribution is -2.22. The topological polar surface area (TPSA) is 64.7 Å². The SMILES string of the molecule is Cn1cnc2c1c1cc(C(=O)NCc3ccncc3)ccc1n2-c1ccc(C(F)(F)F)cc1. The number of halogens is 3. The molecule has 1 amide bonds. The largest absolute Gasteiger partial charge is 0.416 e. The summed E-state index contributed by atoms with van der Waals surface area (Å²) in [6, 6.07) is 13.9. The molecule has 0 aliphatic carbocycles. The van der Waals surface area contributed by atoms with Crippen molar-refractivity contribution in [2.24, 2.45) is 7.05 Å². The Labute approximate surface area is 186 Å². The minimum Gasteiger partial charge on any atom is -0.348 e. The Morgan fingerprint density at radius 1 is 1.03 bits per heavy atom. The molecule has 0 aliphatic heterocycles. The third kappa shape index (κ3) is 3.71. The highest BCUT2D eigenvalue weighted by Gasteiger charge is 2.30. The van der Waals surface area contributed by atoms with E-state index in [0.29, 0.717) is 23.4 Å². The molecule has 9 heteroatoms. The van der Waals surface area contributed by atoms with Gasteiger partial charge in [-0.15, -0.1) is 0 Å². The normalized spacial score (nSPS) is 11.9. The van der Waals surface area contributed by atoms with Crippen LogP contribution in [-0.4, -0.2) is 25.0 Å². The molecule has 166 valence electrons. The molecule has 0 atom stereocenters. The van der Waals surface area contributed by atoms with Gasteiger partial charge in [0.15, 0.2) is 5.65 Å². The quantitative estimate of drug-likeness (QED) is 0.426. The van der Waals surface area contributed by atoms with Crippen LogP contribution in [0.1, 0.15) is 21.5 Å². The fourth-order valence-corrected chi connectivity index (χ4v) is 3.91. The van der Waals surface area contributed by atoms with Crippen LogP contribution in [0, 0.1) is 0 Å². The number of alkyl halides is 3. The first-order valence-electron chi connectivity index (χ1n) is 10.1. The van der Waals surface area contributed by atoms with E-state index in [0.717, 1.165) is 34.1 Å². The maximum absolute atomic E-state index is 13.0. The lowest BCUT2D eigenvalue weighted by molar-refractivity contribution is -0.137. The van der Waals surface area contributed by atoms with E-state index in [1.54, 1.807) is 41.5 Å². The number of imidazole rings is 1. The van der Waals surface area contributed by atoms with Gasteiger partial charge in [-0.05, 0) is 60.2 Å². The predicted octanol–water partition coefficient (Wildman–Crippen LogP) is 4.86. The first kappa shape index (κ1) is 20.7. The summed E-state index contributed by atoms with van der Waals surface area (Å²) in [7, 11) is 1.84. The molecule has 0 unspecified atom stereocenters. The third-order valence-corrected chi connectivity index (χ3v) is 5.54. The maximum atomic E-state index is 13.0. The monoisotopic (exact) mass is 449 g/mol. The number of nitrogens with zero attached hydrogens (tertiary/aromatic N) is 4. The van der Waals surface area contributed by atoms with Crippen molar-refractivity contribution < 1.29 is 18.0 Å². The van der Waals surface area contributed by atoms with Gasteiger partial charge in [0.1, 0.15) is 0 Å². The molecular weight excluding hydrogens is 431 g/mol. The number of nitrogens with one attached hydrogen (secondary N) is 1. The van der Waals surface area contributed by atoms with Gasteiger partial charge in [-0.1, -0.05) is 0 Å². The molecule has 0 spiro atoms. The summed E-state index contributed by atoms with van der Waals surface area (Å²) in [5.74, 6) is -0.230. The molecule has 6 nitrogen and oxygen atoms in total. The molecule has 1 N–H and O–H groups in total.